The number of nitrogens with zero attached hydrogens (tertiary/aromatic N) is 1. The number of aromatic nitrogens is 1. The number of carbonyl (C=O) groups is 1. The molecule has 0 saturated heterocycles. The summed E-state index contributed by atoms with van der Waals surface area (Å²) in [5.74, 6) is 0.691. The summed E-state index contributed by atoms with van der Waals surface area (Å²) in [7, 11) is 1.32. The molecule has 1 atom stereocenters. The first kappa shape index (κ1) is 20.4. The number of hydrogen-bond donors (Lipinski definition) is 2. The van der Waals surface area contributed by atoms with E-state index in [9.17, 15) is 9.90 Å². The van der Waals surface area contributed by atoms with E-state index in [1.807, 2.05) is 37.3 Å². The number of phenolic OH excluding ortho intramolecular Hbond substituents is 1. The molecule has 0 fully saturated rings. The lowest BCUT2D eigenvalue weighted by Crippen LogP contribution is -2.24. The number of methoxy groups -OCH3 is 1. The summed E-state index contributed by atoms with van der Waals surface area (Å²) in [6.45, 7) is 2.22. The molecule has 0 unspecified atom stereocenters. The van der Waals surface area contributed by atoms with Crippen molar-refractivity contribution in [1.82, 2.24) is 4.98 Å². The summed E-state index contributed by atoms with van der Waals surface area (Å²) >= 11 is 0. The van der Waals surface area contributed by atoms with Gasteiger partial charge in [0.15, 0.2) is 6.10 Å². The van der Waals surface area contributed by atoms with Crippen LogP contribution >= 0.6 is 0 Å². The number of aryl methyl sites for hydroxylation is 1. The van der Waals surface area contributed by atoms with E-state index in [1.54, 1.807) is 12.1 Å². The van der Waals surface area contributed by atoms with Crippen molar-refractivity contribution in [2.24, 2.45) is 0 Å². The van der Waals surface area contributed by atoms with Gasteiger partial charge >= 0.3 is 5.97 Å². The number of carboxylic acids is 1. The van der Waals surface area contributed by atoms with E-state index < -0.39 is 12.1 Å². The molecule has 0 aliphatic heterocycles. The van der Waals surface area contributed by atoms with Crippen LogP contribution < -0.4 is 4.74 Å². The minimum absolute atomic E-state index is 0.0326. The van der Waals surface area contributed by atoms with Crippen molar-refractivity contribution in [3.8, 4) is 23.0 Å². The molecule has 3 aromatic rings. The van der Waals surface area contributed by atoms with Crippen molar-refractivity contribution < 1.29 is 28.9 Å². The van der Waals surface area contributed by atoms with Gasteiger partial charge in [-0.3, -0.25) is 0 Å². The van der Waals surface area contributed by atoms with E-state index in [4.69, 9.17) is 19.0 Å². The summed E-state index contributed by atoms with van der Waals surface area (Å²) in [6, 6.07) is 14.5. The lowest BCUT2D eigenvalue weighted by Gasteiger charge is -2.13. The van der Waals surface area contributed by atoms with Crippen LogP contribution in [0, 0.1) is 6.92 Å². The number of carboxylic acid groups (broad SMARTS) is 1. The Hall–Kier alpha value is -3.32. The Kier molecular flexibility index (Phi) is 6.51. The fraction of sp³-hybridized carbons (Fsp3) is 0.273. The zero-order valence-electron chi connectivity index (χ0n) is 16.3. The van der Waals surface area contributed by atoms with Crippen LogP contribution in [-0.2, 0) is 22.4 Å². The number of rotatable bonds is 9. The Morgan fingerprint density at radius 2 is 1.97 bits per heavy atom. The van der Waals surface area contributed by atoms with Gasteiger partial charge in [0.25, 0.3) is 0 Å². The number of oxazole rings is 1. The largest absolute Gasteiger partial charge is 0.508 e. The topological polar surface area (TPSA) is 102 Å². The SMILES string of the molecule is CO[C@@H](Cc1ccc(OCCc2nc(-c3ccccc3)oc2C)cc1O)C(=O)O. The zero-order valence-corrected chi connectivity index (χ0v) is 16.3. The molecule has 0 radical (unpaired) electrons. The molecule has 1 aromatic heterocycles. The molecular formula is C22H23NO6. The Morgan fingerprint density at radius 3 is 2.62 bits per heavy atom. The Balaban J connectivity index is 1.59. The van der Waals surface area contributed by atoms with Crippen molar-refractivity contribution in [2.75, 3.05) is 13.7 Å². The molecule has 2 N–H and O–H groups in total. The minimum Gasteiger partial charge on any atom is -0.508 e. The van der Waals surface area contributed by atoms with Crippen molar-refractivity contribution in [3.63, 3.8) is 0 Å². The van der Waals surface area contributed by atoms with E-state index in [1.165, 1.54) is 13.2 Å². The highest BCUT2D eigenvalue weighted by molar-refractivity contribution is 5.73. The van der Waals surface area contributed by atoms with Gasteiger partial charge in [0.1, 0.15) is 17.3 Å². The van der Waals surface area contributed by atoms with Crippen LogP contribution in [0.15, 0.2) is 52.9 Å². The van der Waals surface area contributed by atoms with E-state index >= 15 is 0 Å². The molecule has 0 aliphatic rings. The van der Waals surface area contributed by atoms with Gasteiger partial charge in [0.05, 0.1) is 12.3 Å². The number of benzene rings is 2. The van der Waals surface area contributed by atoms with Gasteiger partial charge in [0.2, 0.25) is 5.89 Å². The summed E-state index contributed by atoms with van der Waals surface area (Å²) in [4.78, 5) is 15.6. The highest BCUT2D eigenvalue weighted by Gasteiger charge is 2.19. The number of aromatic hydroxyl groups is 1. The monoisotopic (exact) mass is 397 g/mol. The standard InChI is InChI=1S/C22H23NO6/c1-14-18(23-21(29-14)15-6-4-3-5-7-15)10-11-28-17-9-8-16(19(24)13-17)12-20(27-2)22(25)26/h3-9,13,20,24H,10-12H2,1-2H3,(H,25,26)/t20-/m0/s1. The maximum absolute atomic E-state index is 11.1. The third-order valence-electron chi connectivity index (χ3n) is 4.54. The molecule has 0 spiro atoms. The van der Waals surface area contributed by atoms with Crippen LogP contribution in [0.1, 0.15) is 17.0 Å². The number of aliphatic carboxylic acids is 1. The van der Waals surface area contributed by atoms with Crippen LogP contribution in [-0.4, -0.2) is 41.0 Å². The Morgan fingerprint density at radius 1 is 1.21 bits per heavy atom. The molecular weight excluding hydrogens is 374 g/mol. The van der Waals surface area contributed by atoms with Gasteiger partial charge in [0, 0.05) is 31.6 Å². The smallest absolute Gasteiger partial charge is 0.333 e. The van der Waals surface area contributed by atoms with Crippen molar-refractivity contribution in [3.05, 3.63) is 65.5 Å². The first-order valence-electron chi connectivity index (χ1n) is 9.20. The van der Waals surface area contributed by atoms with Gasteiger partial charge in [-0.15, -0.1) is 0 Å². The molecule has 152 valence electrons. The molecule has 7 heteroatoms. The summed E-state index contributed by atoms with van der Waals surface area (Å²) in [6.07, 6.45) is -0.394. The Labute approximate surface area is 168 Å². The number of hydrogen-bond acceptors (Lipinski definition) is 6. The normalized spacial score (nSPS) is 11.9. The second-order valence-corrected chi connectivity index (χ2v) is 6.54. The first-order valence-corrected chi connectivity index (χ1v) is 9.20. The molecule has 0 saturated carbocycles. The number of phenols is 1. The zero-order chi connectivity index (χ0) is 20.8. The van der Waals surface area contributed by atoms with Gasteiger partial charge in [-0.1, -0.05) is 24.3 Å². The maximum Gasteiger partial charge on any atom is 0.333 e. The summed E-state index contributed by atoms with van der Waals surface area (Å²) < 4.78 is 16.3. The highest BCUT2D eigenvalue weighted by atomic mass is 16.5. The molecule has 3 rings (SSSR count). The van der Waals surface area contributed by atoms with E-state index in [0.29, 0.717) is 30.2 Å². The van der Waals surface area contributed by atoms with Crippen LogP contribution in [0.5, 0.6) is 11.5 Å². The van der Waals surface area contributed by atoms with Gasteiger partial charge in [-0.25, -0.2) is 9.78 Å². The van der Waals surface area contributed by atoms with E-state index in [2.05, 4.69) is 4.98 Å². The predicted molar refractivity (Wildman–Crippen MR) is 106 cm³/mol. The van der Waals surface area contributed by atoms with Crippen LogP contribution in [0.3, 0.4) is 0 Å². The molecule has 2 aromatic carbocycles. The maximum atomic E-state index is 11.1. The van der Waals surface area contributed by atoms with Gasteiger partial charge < -0.3 is 24.1 Å². The summed E-state index contributed by atoms with van der Waals surface area (Å²) in [5.41, 5.74) is 2.21. The fourth-order valence-corrected chi connectivity index (χ4v) is 2.91. The lowest BCUT2D eigenvalue weighted by molar-refractivity contribution is -0.148. The highest BCUT2D eigenvalue weighted by Crippen LogP contribution is 2.26. The average Bonchev–Trinajstić information content (AvgIpc) is 3.08. The quantitative estimate of drug-likeness (QED) is 0.568. The second kappa shape index (κ2) is 9.25. The van der Waals surface area contributed by atoms with E-state index in [-0.39, 0.29) is 12.2 Å². The lowest BCUT2D eigenvalue weighted by atomic mass is 10.1. The first-order chi connectivity index (χ1) is 14.0. The second-order valence-electron chi connectivity index (χ2n) is 6.54. The molecule has 7 nitrogen and oxygen atoms in total. The van der Waals surface area contributed by atoms with Crippen LogP contribution in [0.4, 0.5) is 0 Å². The predicted octanol–water partition coefficient (Wildman–Crippen LogP) is 3.62. The molecule has 29 heavy (non-hydrogen) atoms. The third-order valence-corrected chi connectivity index (χ3v) is 4.54. The van der Waals surface area contributed by atoms with Crippen molar-refractivity contribution >= 4 is 5.97 Å². The minimum atomic E-state index is -1.08. The van der Waals surface area contributed by atoms with Crippen molar-refractivity contribution in [1.29, 1.82) is 0 Å². The van der Waals surface area contributed by atoms with Crippen molar-refractivity contribution in [2.45, 2.75) is 25.9 Å². The third kappa shape index (κ3) is 5.14. The average molecular weight is 397 g/mol. The molecule has 0 bridgehead atoms. The molecule has 0 aliphatic carbocycles. The van der Waals surface area contributed by atoms with Gasteiger partial charge in [-0.2, -0.15) is 0 Å². The van der Waals surface area contributed by atoms with E-state index in [0.717, 1.165) is 17.0 Å². The van der Waals surface area contributed by atoms with Crippen LogP contribution in [0.2, 0.25) is 0 Å². The molecule has 0 amide bonds. The Bertz CT molecular complexity index is 967. The fourth-order valence-electron chi connectivity index (χ4n) is 2.91. The van der Waals surface area contributed by atoms with Crippen LogP contribution in [0.25, 0.3) is 11.5 Å². The number of ether oxygens (including phenoxy) is 2. The van der Waals surface area contributed by atoms with Gasteiger partial charge in [-0.05, 0) is 30.7 Å². The molecule has 1 heterocycles. The summed E-state index contributed by atoms with van der Waals surface area (Å²) in [5, 5.41) is 19.2.